The van der Waals surface area contributed by atoms with Crippen LogP contribution in [0.1, 0.15) is 36.1 Å². The number of aryl methyl sites for hydroxylation is 2. The van der Waals surface area contributed by atoms with E-state index in [2.05, 4.69) is 5.32 Å². The van der Waals surface area contributed by atoms with E-state index < -0.39 is 15.9 Å². The zero-order valence-electron chi connectivity index (χ0n) is 19.7. The first-order chi connectivity index (χ1) is 16.1. The summed E-state index contributed by atoms with van der Waals surface area (Å²) in [5, 5.41) is 3.42. The van der Waals surface area contributed by atoms with Gasteiger partial charge in [0.25, 0.3) is 10.0 Å². The van der Waals surface area contributed by atoms with Crippen molar-refractivity contribution in [2.24, 2.45) is 0 Å². The molecule has 0 saturated carbocycles. The molecule has 0 bridgehead atoms. The summed E-state index contributed by atoms with van der Waals surface area (Å²) in [7, 11) is -2.40. The number of rotatable bonds is 9. The Morgan fingerprint density at radius 3 is 2.35 bits per heavy atom. The molecule has 1 amide bonds. The van der Waals surface area contributed by atoms with Crippen LogP contribution in [0.15, 0.2) is 71.6 Å². The Morgan fingerprint density at radius 1 is 1.06 bits per heavy atom. The normalized spacial score (nSPS) is 12.1. The van der Waals surface area contributed by atoms with Gasteiger partial charge in [-0.25, -0.2) is 8.42 Å². The van der Waals surface area contributed by atoms with Crippen LogP contribution in [-0.2, 0) is 14.8 Å². The van der Waals surface area contributed by atoms with Gasteiger partial charge in [0.1, 0.15) is 12.3 Å². The maximum absolute atomic E-state index is 13.5. The van der Waals surface area contributed by atoms with E-state index in [-0.39, 0.29) is 17.5 Å². The van der Waals surface area contributed by atoms with Crippen molar-refractivity contribution >= 4 is 33.2 Å². The van der Waals surface area contributed by atoms with E-state index in [1.165, 1.54) is 24.3 Å². The molecule has 3 aromatic carbocycles. The highest BCUT2D eigenvalue weighted by molar-refractivity contribution is 7.92. The molecule has 1 N–H and O–H groups in total. The molecule has 180 valence electrons. The van der Waals surface area contributed by atoms with E-state index in [1.54, 1.807) is 25.3 Å². The van der Waals surface area contributed by atoms with Gasteiger partial charge in [-0.05, 0) is 79.4 Å². The fraction of sp³-hybridized carbons (Fsp3) is 0.269. The lowest BCUT2D eigenvalue weighted by atomic mass is 10.0. The highest BCUT2D eigenvalue weighted by atomic mass is 35.5. The van der Waals surface area contributed by atoms with E-state index >= 15 is 0 Å². The van der Waals surface area contributed by atoms with Crippen LogP contribution >= 0.6 is 11.6 Å². The van der Waals surface area contributed by atoms with Crippen molar-refractivity contribution in [3.63, 3.8) is 0 Å². The Kier molecular flexibility index (Phi) is 8.23. The van der Waals surface area contributed by atoms with Crippen LogP contribution in [0.2, 0.25) is 5.02 Å². The van der Waals surface area contributed by atoms with E-state index in [0.29, 0.717) is 17.1 Å². The first-order valence-corrected chi connectivity index (χ1v) is 12.8. The minimum Gasteiger partial charge on any atom is -0.496 e. The molecule has 34 heavy (non-hydrogen) atoms. The summed E-state index contributed by atoms with van der Waals surface area (Å²) in [4.78, 5) is 13.2. The molecule has 6 nitrogen and oxygen atoms in total. The summed E-state index contributed by atoms with van der Waals surface area (Å²) >= 11 is 5.94. The van der Waals surface area contributed by atoms with Crippen LogP contribution < -0.4 is 14.4 Å². The monoisotopic (exact) mass is 500 g/mol. The summed E-state index contributed by atoms with van der Waals surface area (Å²) in [6.45, 7) is 5.41. The Balaban J connectivity index is 1.90. The average Bonchev–Trinajstić information content (AvgIpc) is 2.81. The number of nitrogens with one attached hydrogen (secondary N) is 1. The Hall–Kier alpha value is -3.03. The summed E-state index contributed by atoms with van der Waals surface area (Å²) < 4.78 is 33.5. The van der Waals surface area contributed by atoms with Crippen molar-refractivity contribution in [1.82, 2.24) is 5.32 Å². The van der Waals surface area contributed by atoms with Gasteiger partial charge in [-0.1, -0.05) is 42.8 Å². The number of halogens is 1. The average molecular weight is 501 g/mol. The number of ether oxygens (including phenoxy) is 1. The minimum atomic E-state index is -4.01. The summed E-state index contributed by atoms with van der Waals surface area (Å²) in [5.41, 5.74) is 3.18. The number of sulfonamides is 1. The molecular formula is C26H29ClN2O4S. The molecule has 0 saturated heterocycles. The van der Waals surface area contributed by atoms with Crippen LogP contribution in [0.4, 0.5) is 5.69 Å². The number of carbonyl (C=O) groups excluding carboxylic acids is 1. The van der Waals surface area contributed by atoms with Gasteiger partial charge in [-0.15, -0.1) is 0 Å². The largest absolute Gasteiger partial charge is 0.496 e. The number of methoxy groups -OCH3 is 1. The van der Waals surface area contributed by atoms with Gasteiger partial charge in [0.15, 0.2) is 0 Å². The van der Waals surface area contributed by atoms with Crippen molar-refractivity contribution in [3.05, 3.63) is 88.4 Å². The summed E-state index contributed by atoms with van der Waals surface area (Å²) in [6.07, 6.45) is 0.645. The molecular weight excluding hydrogens is 472 g/mol. The van der Waals surface area contributed by atoms with E-state index in [0.717, 1.165) is 26.7 Å². The number of hydrogen-bond acceptors (Lipinski definition) is 4. The van der Waals surface area contributed by atoms with Crippen molar-refractivity contribution in [2.75, 3.05) is 18.0 Å². The van der Waals surface area contributed by atoms with Crippen LogP contribution in [0.25, 0.3) is 0 Å². The van der Waals surface area contributed by atoms with Crippen molar-refractivity contribution in [1.29, 1.82) is 0 Å². The van der Waals surface area contributed by atoms with Gasteiger partial charge in [0.05, 0.1) is 23.7 Å². The van der Waals surface area contributed by atoms with Crippen LogP contribution in [0.5, 0.6) is 5.75 Å². The second-order valence-corrected chi connectivity index (χ2v) is 10.4. The predicted molar refractivity (Wildman–Crippen MR) is 136 cm³/mol. The molecule has 0 aliphatic heterocycles. The smallest absolute Gasteiger partial charge is 0.264 e. The third-order valence-electron chi connectivity index (χ3n) is 5.54. The molecule has 0 aromatic heterocycles. The molecule has 0 radical (unpaired) electrons. The zero-order valence-corrected chi connectivity index (χ0v) is 21.3. The van der Waals surface area contributed by atoms with Gasteiger partial charge < -0.3 is 10.1 Å². The van der Waals surface area contributed by atoms with E-state index in [4.69, 9.17) is 16.3 Å². The van der Waals surface area contributed by atoms with Gasteiger partial charge in [0.2, 0.25) is 5.91 Å². The van der Waals surface area contributed by atoms with Gasteiger partial charge in [0, 0.05) is 5.02 Å². The minimum absolute atomic E-state index is 0.0593. The Bertz CT molecular complexity index is 1260. The predicted octanol–water partition coefficient (Wildman–Crippen LogP) is 5.43. The molecule has 8 heteroatoms. The van der Waals surface area contributed by atoms with Gasteiger partial charge in [-0.3, -0.25) is 9.10 Å². The van der Waals surface area contributed by atoms with Crippen LogP contribution in [0, 0.1) is 13.8 Å². The number of nitrogens with zero attached hydrogens (tertiary/aromatic N) is 1. The SMILES string of the molecule is CC[C@H](NC(=O)CN(c1cccc(C)c1)S(=O)(=O)c1ccc(Cl)cc1)c1ccc(OC)c(C)c1. The maximum atomic E-state index is 13.5. The lowest BCUT2D eigenvalue weighted by Gasteiger charge is -2.26. The molecule has 0 aliphatic rings. The lowest BCUT2D eigenvalue weighted by Crippen LogP contribution is -2.42. The third kappa shape index (κ3) is 5.90. The number of anilines is 1. The van der Waals surface area contributed by atoms with E-state index in [1.807, 2.05) is 45.0 Å². The second-order valence-electron chi connectivity index (χ2n) is 8.06. The lowest BCUT2D eigenvalue weighted by molar-refractivity contribution is -0.120. The quantitative estimate of drug-likeness (QED) is 0.425. The van der Waals surface area contributed by atoms with E-state index in [9.17, 15) is 13.2 Å². The van der Waals surface area contributed by atoms with Crippen molar-refractivity contribution in [2.45, 2.75) is 38.1 Å². The van der Waals surface area contributed by atoms with Gasteiger partial charge >= 0.3 is 0 Å². The van der Waals surface area contributed by atoms with Crippen molar-refractivity contribution < 1.29 is 17.9 Å². The first-order valence-electron chi connectivity index (χ1n) is 10.9. The first kappa shape index (κ1) is 25.6. The number of carbonyl (C=O) groups is 1. The summed E-state index contributed by atoms with van der Waals surface area (Å²) in [6, 6.07) is 18.4. The number of benzene rings is 3. The summed E-state index contributed by atoms with van der Waals surface area (Å²) in [5.74, 6) is 0.365. The molecule has 3 rings (SSSR count). The third-order valence-corrected chi connectivity index (χ3v) is 7.58. The fourth-order valence-corrected chi connectivity index (χ4v) is 5.28. The molecule has 3 aromatic rings. The molecule has 0 aliphatic carbocycles. The Morgan fingerprint density at radius 2 is 1.76 bits per heavy atom. The van der Waals surface area contributed by atoms with Crippen LogP contribution in [0.3, 0.4) is 0 Å². The molecule has 1 atom stereocenters. The molecule has 0 fully saturated rings. The standard InChI is InChI=1S/C26H29ClN2O4S/c1-5-24(20-9-14-25(33-4)19(3)16-20)28-26(30)17-29(22-8-6-7-18(2)15-22)34(31,32)23-12-10-21(27)11-13-23/h6-16,24H,5,17H2,1-4H3,(H,28,30)/t24-/m0/s1. The fourth-order valence-electron chi connectivity index (χ4n) is 3.74. The Labute approximate surface area is 206 Å². The van der Waals surface area contributed by atoms with Gasteiger partial charge in [-0.2, -0.15) is 0 Å². The maximum Gasteiger partial charge on any atom is 0.264 e. The highest BCUT2D eigenvalue weighted by Gasteiger charge is 2.28. The second kappa shape index (κ2) is 10.9. The van der Waals surface area contributed by atoms with Crippen LogP contribution in [-0.4, -0.2) is 28.0 Å². The molecule has 0 heterocycles. The number of amides is 1. The highest BCUT2D eigenvalue weighted by Crippen LogP contribution is 2.27. The zero-order chi connectivity index (χ0) is 24.9. The molecule has 0 unspecified atom stereocenters. The molecule has 0 spiro atoms. The number of hydrogen-bond donors (Lipinski definition) is 1. The topological polar surface area (TPSA) is 75.7 Å². The van der Waals surface area contributed by atoms with Crippen molar-refractivity contribution in [3.8, 4) is 5.75 Å².